The zero-order valence-corrected chi connectivity index (χ0v) is 18.3. The van der Waals surface area contributed by atoms with Crippen LogP contribution < -0.4 is 0 Å². The number of aromatic amines is 1. The summed E-state index contributed by atoms with van der Waals surface area (Å²) in [5, 5.41) is 0. The number of aryl methyl sites for hydroxylation is 2. The molecule has 1 N–H and O–H groups in total. The summed E-state index contributed by atoms with van der Waals surface area (Å²) >= 11 is 0. The minimum absolute atomic E-state index is 0.458. The molecule has 162 valence electrons. The normalized spacial score (nSPS) is 17.0. The standard InChI is InChI=1S/C27H28N4O/c1-2-20-4-5-24(16-23(20)3-1)26-25(21-6-11-28-12-7-21)29-27(30-26)22-8-13-31(14-9-22)17-19-10-15-32-18-19/h4-7,10-12,15-16,18,22H,1-3,8-9,13-14,17H2,(H,29,30). The number of hydrogen-bond acceptors (Lipinski definition) is 4. The zero-order valence-electron chi connectivity index (χ0n) is 18.3. The Hall–Kier alpha value is -3.18. The van der Waals surface area contributed by atoms with E-state index in [9.17, 15) is 0 Å². The van der Waals surface area contributed by atoms with Crippen LogP contribution in [0.3, 0.4) is 0 Å². The molecule has 4 aromatic rings. The zero-order chi connectivity index (χ0) is 21.3. The number of piperidine rings is 1. The molecular formula is C27H28N4O. The average Bonchev–Trinajstić information content (AvgIpc) is 3.60. The van der Waals surface area contributed by atoms with Gasteiger partial charge in [0.2, 0.25) is 0 Å². The van der Waals surface area contributed by atoms with Gasteiger partial charge >= 0.3 is 0 Å². The van der Waals surface area contributed by atoms with Crippen LogP contribution in [-0.4, -0.2) is 32.9 Å². The van der Waals surface area contributed by atoms with Gasteiger partial charge in [0, 0.05) is 41.5 Å². The van der Waals surface area contributed by atoms with Crippen molar-refractivity contribution in [3.8, 4) is 22.5 Å². The minimum atomic E-state index is 0.458. The lowest BCUT2D eigenvalue weighted by Gasteiger charge is -2.30. The summed E-state index contributed by atoms with van der Waals surface area (Å²) in [4.78, 5) is 15.6. The molecule has 0 unspecified atom stereocenters. The van der Waals surface area contributed by atoms with Gasteiger partial charge < -0.3 is 9.40 Å². The minimum Gasteiger partial charge on any atom is -0.472 e. The third kappa shape index (κ3) is 3.78. The highest BCUT2D eigenvalue weighted by atomic mass is 16.3. The SMILES string of the molecule is c1cc(-c2[nH]c(C3CCN(Cc4ccoc4)CC3)nc2-c2ccc3c(c2)CCC3)ccn1. The van der Waals surface area contributed by atoms with Gasteiger partial charge in [-0.1, -0.05) is 12.1 Å². The number of pyridine rings is 1. The molecule has 3 aromatic heterocycles. The van der Waals surface area contributed by atoms with Crippen LogP contribution in [0.25, 0.3) is 22.5 Å². The molecule has 1 saturated heterocycles. The van der Waals surface area contributed by atoms with Crippen molar-refractivity contribution in [3.63, 3.8) is 0 Å². The topological polar surface area (TPSA) is 58.0 Å². The number of hydrogen-bond donors (Lipinski definition) is 1. The molecule has 32 heavy (non-hydrogen) atoms. The first-order valence-electron chi connectivity index (χ1n) is 11.7. The van der Waals surface area contributed by atoms with Crippen molar-refractivity contribution in [3.05, 3.63) is 83.8 Å². The van der Waals surface area contributed by atoms with E-state index >= 15 is 0 Å². The molecule has 1 fully saturated rings. The van der Waals surface area contributed by atoms with Crippen molar-refractivity contribution in [1.29, 1.82) is 0 Å². The van der Waals surface area contributed by atoms with Crippen molar-refractivity contribution < 1.29 is 4.42 Å². The molecule has 1 aliphatic carbocycles. The number of rotatable bonds is 5. The van der Waals surface area contributed by atoms with E-state index in [-0.39, 0.29) is 0 Å². The molecule has 0 bridgehead atoms. The quantitative estimate of drug-likeness (QED) is 0.453. The van der Waals surface area contributed by atoms with E-state index in [0.717, 1.165) is 55.3 Å². The first kappa shape index (κ1) is 19.5. The van der Waals surface area contributed by atoms with Gasteiger partial charge in [0.1, 0.15) is 5.82 Å². The molecule has 0 saturated carbocycles. The van der Waals surface area contributed by atoms with Crippen LogP contribution in [0.4, 0.5) is 0 Å². The Morgan fingerprint density at radius 2 is 1.81 bits per heavy atom. The Morgan fingerprint density at radius 3 is 2.62 bits per heavy atom. The number of fused-ring (bicyclic) bond motifs is 1. The molecule has 2 aliphatic rings. The lowest BCUT2D eigenvalue weighted by molar-refractivity contribution is 0.201. The van der Waals surface area contributed by atoms with Crippen molar-refractivity contribution in [2.45, 2.75) is 44.6 Å². The molecule has 0 spiro atoms. The fourth-order valence-electron chi connectivity index (χ4n) is 5.25. The summed E-state index contributed by atoms with van der Waals surface area (Å²) in [6, 6.07) is 13.1. The predicted molar refractivity (Wildman–Crippen MR) is 125 cm³/mol. The maximum absolute atomic E-state index is 5.23. The van der Waals surface area contributed by atoms with Gasteiger partial charge in [0.15, 0.2) is 0 Å². The Kier molecular flexibility index (Phi) is 5.12. The molecule has 0 amide bonds. The van der Waals surface area contributed by atoms with Gasteiger partial charge in [-0.15, -0.1) is 0 Å². The van der Waals surface area contributed by atoms with E-state index in [2.05, 4.69) is 51.3 Å². The second-order valence-corrected chi connectivity index (χ2v) is 9.10. The molecule has 5 nitrogen and oxygen atoms in total. The highest BCUT2D eigenvalue weighted by molar-refractivity contribution is 5.79. The number of nitrogens with one attached hydrogen (secondary N) is 1. The van der Waals surface area contributed by atoms with Gasteiger partial charge in [0.25, 0.3) is 0 Å². The molecular weight excluding hydrogens is 396 g/mol. The van der Waals surface area contributed by atoms with E-state index in [4.69, 9.17) is 9.40 Å². The lowest BCUT2D eigenvalue weighted by Crippen LogP contribution is -2.32. The number of nitrogens with zero attached hydrogens (tertiary/aromatic N) is 3. The predicted octanol–water partition coefficient (Wildman–Crippen LogP) is 5.60. The molecule has 0 atom stereocenters. The van der Waals surface area contributed by atoms with Crippen molar-refractivity contribution >= 4 is 0 Å². The van der Waals surface area contributed by atoms with Gasteiger partial charge in [-0.25, -0.2) is 4.98 Å². The third-order valence-corrected chi connectivity index (χ3v) is 7.02. The number of imidazole rings is 1. The van der Waals surface area contributed by atoms with E-state index in [1.54, 1.807) is 6.26 Å². The molecule has 4 heterocycles. The molecule has 6 rings (SSSR count). The summed E-state index contributed by atoms with van der Waals surface area (Å²) in [6.07, 6.45) is 13.2. The third-order valence-electron chi connectivity index (χ3n) is 7.02. The van der Waals surface area contributed by atoms with Gasteiger partial charge in [-0.2, -0.15) is 0 Å². The lowest BCUT2D eigenvalue weighted by atomic mass is 9.96. The van der Waals surface area contributed by atoms with E-state index in [1.165, 1.54) is 41.5 Å². The van der Waals surface area contributed by atoms with Crippen LogP contribution >= 0.6 is 0 Å². The first-order valence-corrected chi connectivity index (χ1v) is 11.7. The van der Waals surface area contributed by atoms with Crippen LogP contribution in [0.1, 0.15) is 47.7 Å². The van der Waals surface area contributed by atoms with Crippen LogP contribution in [-0.2, 0) is 19.4 Å². The summed E-state index contributed by atoms with van der Waals surface area (Å²) in [7, 11) is 0. The van der Waals surface area contributed by atoms with E-state index < -0.39 is 0 Å². The highest BCUT2D eigenvalue weighted by Crippen LogP contribution is 2.36. The smallest absolute Gasteiger partial charge is 0.110 e. The molecule has 0 radical (unpaired) electrons. The monoisotopic (exact) mass is 424 g/mol. The second kappa shape index (κ2) is 8.40. The maximum Gasteiger partial charge on any atom is 0.110 e. The van der Waals surface area contributed by atoms with Crippen LogP contribution in [0, 0.1) is 0 Å². The summed E-state index contributed by atoms with van der Waals surface area (Å²) in [5.41, 5.74) is 8.78. The van der Waals surface area contributed by atoms with E-state index in [0.29, 0.717) is 5.92 Å². The fourth-order valence-corrected chi connectivity index (χ4v) is 5.25. The summed E-state index contributed by atoms with van der Waals surface area (Å²) < 4.78 is 5.23. The van der Waals surface area contributed by atoms with Crippen LogP contribution in [0.5, 0.6) is 0 Å². The highest BCUT2D eigenvalue weighted by Gasteiger charge is 2.25. The average molecular weight is 425 g/mol. The Bertz CT molecular complexity index is 1190. The number of benzene rings is 1. The Morgan fingerprint density at radius 1 is 0.969 bits per heavy atom. The second-order valence-electron chi connectivity index (χ2n) is 9.10. The van der Waals surface area contributed by atoms with Crippen LogP contribution in [0.15, 0.2) is 65.7 Å². The number of H-pyrrole nitrogens is 1. The molecule has 1 aromatic carbocycles. The van der Waals surface area contributed by atoms with Gasteiger partial charge in [0.05, 0.1) is 23.9 Å². The van der Waals surface area contributed by atoms with Crippen molar-refractivity contribution in [2.24, 2.45) is 0 Å². The largest absolute Gasteiger partial charge is 0.472 e. The van der Waals surface area contributed by atoms with Crippen LogP contribution in [0.2, 0.25) is 0 Å². The van der Waals surface area contributed by atoms with Gasteiger partial charge in [-0.05, 0) is 80.6 Å². The molecule has 5 heteroatoms. The Balaban J connectivity index is 1.29. The maximum atomic E-state index is 5.23. The summed E-state index contributed by atoms with van der Waals surface area (Å²) in [5.74, 6) is 1.58. The van der Waals surface area contributed by atoms with E-state index in [1.807, 2.05) is 18.7 Å². The molecule has 1 aliphatic heterocycles. The van der Waals surface area contributed by atoms with Crippen molar-refractivity contribution in [2.75, 3.05) is 13.1 Å². The first-order chi connectivity index (χ1) is 15.8. The summed E-state index contributed by atoms with van der Waals surface area (Å²) in [6.45, 7) is 3.12. The van der Waals surface area contributed by atoms with Gasteiger partial charge in [-0.3, -0.25) is 9.88 Å². The van der Waals surface area contributed by atoms with Crippen molar-refractivity contribution in [1.82, 2.24) is 19.9 Å². The number of likely N-dealkylation sites (tertiary alicyclic amines) is 1. The number of aromatic nitrogens is 3. The fraction of sp³-hybridized carbons (Fsp3) is 0.333. The Labute approximate surface area is 188 Å². The number of furan rings is 1.